The lowest BCUT2D eigenvalue weighted by Crippen LogP contribution is -2.31. The van der Waals surface area contributed by atoms with Crippen molar-refractivity contribution in [2.75, 3.05) is 25.0 Å². The average molecular weight is 398 g/mol. The Kier molecular flexibility index (Phi) is 7.05. The molecule has 2 N–H and O–H groups in total. The van der Waals surface area contributed by atoms with Crippen LogP contribution in [0.5, 0.6) is 5.75 Å². The van der Waals surface area contributed by atoms with Crippen LogP contribution >= 0.6 is 0 Å². The van der Waals surface area contributed by atoms with Gasteiger partial charge in [0.1, 0.15) is 5.75 Å². The predicted molar refractivity (Wildman–Crippen MR) is 109 cm³/mol. The van der Waals surface area contributed by atoms with Crippen LogP contribution in [-0.2, 0) is 16.0 Å². The van der Waals surface area contributed by atoms with Gasteiger partial charge in [-0.2, -0.15) is 0 Å². The van der Waals surface area contributed by atoms with Gasteiger partial charge in [-0.05, 0) is 49.5 Å². The van der Waals surface area contributed by atoms with Crippen LogP contribution in [0, 0.1) is 0 Å². The Labute approximate surface area is 170 Å². The van der Waals surface area contributed by atoms with Gasteiger partial charge in [0.05, 0.1) is 5.69 Å². The highest BCUT2D eigenvalue weighted by atomic mass is 16.5. The number of nitrogens with one attached hydrogen (secondary N) is 1. The third-order valence-corrected chi connectivity index (χ3v) is 5.06. The van der Waals surface area contributed by atoms with Crippen molar-refractivity contribution in [3.8, 4) is 5.75 Å². The molecule has 7 heteroatoms. The zero-order valence-corrected chi connectivity index (χ0v) is 16.4. The molecule has 1 aliphatic carbocycles. The van der Waals surface area contributed by atoms with Gasteiger partial charge in [0, 0.05) is 19.5 Å². The van der Waals surface area contributed by atoms with Gasteiger partial charge in [0.25, 0.3) is 5.91 Å². The van der Waals surface area contributed by atoms with Crippen molar-refractivity contribution in [2.24, 2.45) is 0 Å². The minimum Gasteiger partial charge on any atom is -0.482 e. The Morgan fingerprint density at radius 1 is 1.14 bits per heavy atom. The molecule has 0 radical (unpaired) electrons. The number of benzene rings is 1. The van der Waals surface area contributed by atoms with Crippen LogP contribution in [0.1, 0.15) is 37.7 Å². The highest BCUT2D eigenvalue weighted by Crippen LogP contribution is 2.29. The van der Waals surface area contributed by atoms with Crippen LogP contribution < -0.4 is 10.1 Å². The molecule has 0 atom stereocenters. The Morgan fingerprint density at radius 3 is 2.79 bits per heavy atom. The predicted octanol–water partition coefficient (Wildman–Crippen LogP) is 3.56. The maximum atomic E-state index is 11.5. The second-order valence-corrected chi connectivity index (χ2v) is 7.32. The molecule has 7 nitrogen and oxygen atoms in total. The summed E-state index contributed by atoms with van der Waals surface area (Å²) in [4.78, 5) is 35.7. The van der Waals surface area contributed by atoms with E-state index in [9.17, 15) is 19.5 Å². The Bertz CT molecular complexity index is 844. The highest BCUT2D eigenvalue weighted by Gasteiger charge is 2.16. The van der Waals surface area contributed by atoms with Crippen LogP contribution in [0.3, 0.4) is 0 Å². The number of ketones is 1. The number of fused-ring (bicyclic) bond motifs is 1. The second-order valence-electron chi connectivity index (χ2n) is 7.32. The summed E-state index contributed by atoms with van der Waals surface area (Å²) >= 11 is 0. The van der Waals surface area contributed by atoms with E-state index < -0.39 is 6.09 Å². The highest BCUT2D eigenvalue weighted by molar-refractivity contribution is 5.95. The molecule has 1 heterocycles. The molecule has 0 aromatic heterocycles. The first kappa shape index (κ1) is 20.6. The summed E-state index contributed by atoms with van der Waals surface area (Å²) in [6.45, 7) is 0.948. The quantitative estimate of drug-likeness (QED) is 0.620. The van der Waals surface area contributed by atoms with E-state index in [1.807, 2.05) is 24.3 Å². The molecule has 1 aliphatic heterocycles. The van der Waals surface area contributed by atoms with E-state index in [0.29, 0.717) is 37.4 Å². The van der Waals surface area contributed by atoms with Crippen molar-refractivity contribution in [3.63, 3.8) is 0 Å². The zero-order valence-electron chi connectivity index (χ0n) is 16.4. The van der Waals surface area contributed by atoms with Crippen molar-refractivity contribution in [3.05, 3.63) is 47.6 Å². The van der Waals surface area contributed by atoms with Gasteiger partial charge in [-0.25, -0.2) is 4.79 Å². The molecular weight excluding hydrogens is 372 g/mol. The molecule has 0 saturated heterocycles. The average Bonchev–Trinajstić information content (AvgIpc) is 2.69. The fourth-order valence-electron chi connectivity index (χ4n) is 3.48. The second kappa shape index (κ2) is 9.91. The maximum Gasteiger partial charge on any atom is 0.407 e. The molecule has 1 aromatic carbocycles. The van der Waals surface area contributed by atoms with Crippen molar-refractivity contribution >= 4 is 23.5 Å². The van der Waals surface area contributed by atoms with E-state index in [1.165, 1.54) is 4.90 Å². The van der Waals surface area contributed by atoms with Gasteiger partial charge in [-0.1, -0.05) is 30.2 Å². The van der Waals surface area contributed by atoms with Crippen molar-refractivity contribution in [2.45, 2.75) is 38.5 Å². The fraction of sp³-hybridized carbons (Fsp3) is 0.409. The summed E-state index contributed by atoms with van der Waals surface area (Å²) in [6, 6.07) is 5.80. The number of hydrogen-bond acceptors (Lipinski definition) is 4. The first-order chi connectivity index (χ1) is 14.0. The molecule has 29 heavy (non-hydrogen) atoms. The summed E-state index contributed by atoms with van der Waals surface area (Å²) in [5.74, 6) is 0.612. The fourth-order valence-corrected chi connectivity index (χ4v) is 3.48. The number of carboxylic acid groups (broad SMARTS) is 1. The minimum atomic E-state index is -0.922. The molecule has 3 rings (SSSR count). The van der Waals surface area contributed by atoms with Crippen LogP contribution in [0.4, 0.5) is 10.5 Å². The molecule has 0 spiro atoms. The number of nitrogens with zero attached hydrogens (tertiary/aromatic N) is 1. The number of unbranched alkanes of at least 4 members (excludes halogenated alkanes) is 2. The number of rotatable bonds is 9. The normalized spacial score (nSPS) is 15.2. The van der Waals surface area contributed by atoms with E-state index in [2.05, 4.69) is 5.32 Å². The smallest absolute Gasteiger partial charge is 0.407 e. The molecule has 1 aromatic rings. The van der Waals surface area contributed by atoms with Crippen LogP contribution in [0.2, 0.25) is 0 Å². The first-order valence-corrected chi connectivity index (χ1v) is 9.93. The Balaban J connectivity index is 1.38. The van der Waals surface area contributed by atoms with Gasteiger partial charge >= 0.3 is 6.09 Å². The van der Waals surface area contributed by atoms with Crippen LogP contribution in [0.15, 0.2) is 42.0 Å². The number of carbonyl (C=O) groups is 3. The van der Waals surface area contributed by atoms with E-state index in [4.69, 9.17) is 4.74 Å². The molecule has 0 unspecified atom stereocenters. The Morgan fingerprint density at radius 2 is 2.00 bits per heavy atom. The number of carbonyl (C=O) groups excluding carboxylic acids is 2. The third-order valence-electron chi connectivity index (χ3n) is 5.06. The van der Waals surface area contributed by atoms with E-state index in [-0.39, 0.29) is 18.3 Å². The lowest BCUT2D eigenvalue weighted by atomic mass is 10.0. The van der Waals surface area contributed by atoms with Gasteiger partial charge < -0.3 is 20.1 Å². The van der Waals surface area contributed by atoms with Gasteiger partial charge in [-0.3, -0.25) is 9.59 Å². The number of allylic oxidation sites excluding steroid dienone is 3. The zero-order chi connectivity index (χ0) is 20.6. The first-order valence-electron chi connectivity index (χ1n) is 9.93. The summed E-state index contributed by atoms with van der Waals surface area (Å²) in [6.07, 6.45) is 8.71. The van der Waals surface area contributed by atoms with Crippen molar-refractivity contribution < 1.29 is 24.2 Å². The van der Waals surface area contributed by atoms with Crippen LogP contribution in [0.25, 0.3) is 0 Å². The SMILES string of the molecule is O=C1C=CC=C(CCN(CCCCCc2ccc3c(c2)NC(=O)CO3)C(=O)O)C1. The van der Waals surface area contributed by atoms with Gasteiger partial charge in [0.2, 0.25) is 0 Å². The Hall–Kier alpha value is -3.09. The lowest BCUT2D eigenvalue weighted by Gasteiger charge is -2.20. The summed E-state index contributed by atoms with van der Waals surface area (Å²) in [7, 11) is 0. The summed E-state index contributed by atoms with van der Waals surface area (Å²) in [5.41, 5.74) is 2.81. The van der Waals surface area contributed by atoms with Gasteiger partial charge in [-0.15, -0.1) is 0 Å². The molecule has 0 fully saturated rings. The van der Waals surface area contributed by atoms with Crippen molar-refractivity contribution in [1.29, 1.82) is 0 Å². The van der Waals surface area contributed by atoms with Crippen molar-refractivity contribution in [1.82, 2.24) is 4.90 Å². The monoisotopic (exact) mass is 398 g/mol. The number of anilines is 1. The molecule has 0 bridgehead atoms. The minimum absolute atomic E-state index is 0.0523. The molecule has 2 amide bonds. The number of amides is 2. The van der Waals surface area contributed by atoms with Gasteiger partial charge in [0.15, 0.2) is 12.4 Å². The van der Waals surface area contributed by atoms with Crippen LogP contribution in [-0.4, -0.2) is 47.5 Å². The summed E-state index contributed by atoms with van der Waals surface area (Å²) in [5, 5.41) is 12.2. The van der Waals surface area contributed by atoms with E-state index in [0.717, 1.165) is 36.8 Å². The largest absolute Gasteiger partial charge is 0.482 e. The molecular formula is C22H26N2O5. The standard InChI is InChI=1S/C22H26N2O5/c25-18-7-4-6-17(13-18)10-12-24(22(27)28)11-3-1-2-5-16-8-9-20-19(14-16)23-21(26)15-29-20/h4,6-9,14H,1-3,5,10-13,15H2,(H,23,26)(H,27,28). The lowest BCUT2D eigenvalue weighted by molar-refractivity contribution is -0.118. The summed E-state index contributed by atoms with van der Waals surface area (Å²) < 4.78 is 5.36. The molecule has 154 valence electrons. The topological polar surface area (TPSA) is 95.9 Å². The third kappa shape index (κ3) is 6.20. The van der Waals surface area contributed by atoms with E-state index >= 15 is 0 Å². The molecule has 2 aliphatic rings. The number of aryl methyl sites for hydroxylation is 1. The number of hydrogen-bond donors (Lipinski definition) is 2. The number of ether oxygens (including phenoxy) is 1. The molecule has 0 saturated carbocycles. The maximum absolute atomic E-state index is 11.5. The van der Waals surface area contributed by atoms with E-state index in [1.54, 1.807) is 12.2 Å².